The number of anilines is 1. The highest BCUT2D eigenvalue weighted by Gasteiger charge is 2.26. The second kappa shape index (κ2) is 10.7. The number of methoxy groups -OCH3 is 1. The number of fused-ring (bicyclic) bond motifs is 1. The van der Waals surface area contributed by atoms with Gasteiger partial charge in [0.05, 0.1) is 11.7 Å². The number of amides is 1. The summed E-state index contributed by atoms with van der Waals surface area (Å²) in [5.41, 5.74) is 0.974. The van der Waals surface area contributed by atoms with Crippen molar-refractivity contribution in [3.05, 3.63) is 42.6 Å². The smallest absolute Gasteiger partial charge is 0.228 e. The molecule has 1 fully saturated rings. The van der Waals surface area contributed by atoms with Gasteiger partial charge in [-0.25, -0.2) is 4.98 Å². The van der Waals surface area contributed by atoms with Gasteiger partial charge in [-0.05, 0) is 55.7 Å². The minimum atomic E-state index is 0. The topological polar surface area (TPSA) is 87.1 Å². The lowest BCUT2D eigenvalue weighted by molar-refractivity contribution is -0.120. The van der Waals surface area contributed by atoms with E-state index in [1.807, 2.05) is 24.3 Å². The highest BCUT2D eigenvalue weighted by Crippen LogP contribution is 2.30. The van der Waals surface area contributed by atoms with Gasteiger partial charge in [-0.3, -0.25) is 10.2 Å². The van der Waals surface area contributed by atoms with Crippen molar-refractivity contribution in [1.82, 2.24) is 10.3 Å². The van der Waals surface area contributed by atoms with Crippen molar-refractivity contribution >= 4 is 44.2 Å². The molecule has 2 aromatic rings. The molecule has 0 radical (unpaired) electrons. The fourth-order valence-electron chi connectivity index (χ4n) is 3.78. The van der Waals surface area contributed by atoms with Gasteiger partial charge in [-0.2, -0.15) is 0 Å². The first kappa shape index (κ1) is 22.5. The van der Waals surface area contributed by atoms with Gasteiger partial charge in [0.1, 0.15) is 5.82 Å². The average molecular weight is 431 g/mol. The second-order valence-corrected chi connectivity index (χ2v) is 9.01. The summed E-state index contributed by atoms with van der Waals surface area (Å²) in [5.74, 6) is 0.653. The van der Waals surface area contributed by atoms with E-state index in [9.17, 15) is 4.79 Å². The van der Waals surface area contributed by atoms with Crippen LogP contribution in [0.15, 0.2) is 37.0 Å². The van der Waals surface area contributed by atoms with Gasteiger partial charge in [-0.1, -0.05) is 30.5 Å². The monoisotopic (exact) mass is 430 g/mol. The Morgan fingerprint density at radius 2 is 2.07 bits per heavy atom. The van der Waals surface area contributed by atoms with Crippen molar-refractivity contribution in [3.8, 4) is 0 Å². The largest absolute Gasteiger partial charge is 0.383 e. The zero-order chi connectivity index (χ0) is 21.5. The third kappa shape index (κ3) is 6.14. The van der Waals surface area contributed by atoms with Gasteiger partial charge in [-0.15, -0.1) is 0 Å². The second-order valence-electron chi connectivity index (χ2n) is 7.70. The van der Waals surface area contributed by atoms with Crippen molar-refractivity contribution in [2.75, 3.05) is 25.6 Å². The summed E-state index contributed by atoms with van der Waals surface area (Å²) in [4.78, 5) is 18.0. The quantitative estimate of drug-likeness (QED) is 0.306. The summed E-state index contributed by atoms with van der Waals surface area (Å²) in [5, 5.41) is 16.6. The molecule has 1 aliphatic rings. The minimum absolute atomic E-state index is 0. The molecule has 6 nitrogen and oxygen atoms in total. The summed E-state index contributed by atoms with van der Waals surface area (Å²) in [6.45, 7) is 7.37. The van der Waals surface area contributed by atoms with Crippen LogP contribution in [0.25, 0.3) is 15.7 Å². The number of carbonyl (C=O) groups excluding carboxylic acids is 1. The molecule has 3 rings (SSSR count). The van der Waals surface area contributed by atoms with E-state index in [-0.39, 0.29) is 14.7 Å². The van der Waals surface area contributed by atoms with Gasteiger partial charge in [0.2, 0.25) is 5.91 Å². The highest BCUT2D eigenvalue weighted by atomic mass is 32.2. The van der Waals surface area contributed by atoms with Crippen molar-refractivity contribution in [2.45, 2.75) is 38.6 Å². The molecule has 1 heterocycles. The highest BCUT2D eigenvalue weighted by molar-refractivity contribution is 8.21. The molecule has 0 atom stereocenters. The third-order valence-corrected chi connectivity index (χ3v) is 6.20. The average Bonchev–Trinajstić information content (AvgIpc) is 2.73. The molecule has 164 valence electrons. The first-order valence-electron chi connectivity index (χ1n) is 10.3. The zero-order valence-electron chi connectivity index (χ0n) is 17.7. The van der Waals surface area contributed by atoms with Crippen LogP contribution in [0.5, 0.6) is 0 Å². The molecule has 0 bridgehead atoms. The molecular formula is C23H34N4O2S. The first-order chi connectivity index (χ1) is 14.5. The van der Waals surface area contributed by atoms with Crippen molar-refractivity contribution in [1.29, 1.82) is 5.41 Å². The number of ether oxygens (including phenoxy) is 1. The molecule has 1 saturated carbocycles. The zero-order valence-corrected chi connectivity index (χ0v) is 18.5. The van der Waals surface area contributed by atoms with E-state index in [2.05, 4.69) is 22.2 Å². The summed E-state index contributed by atoms with van der Waals surface area (Å²) >= 11 is 1.35. The van der Waals surface area contributed by atoms with E-state index in [4.69, 9.17) is 10.1 Å². The first-order valence-corrected chi connectivity index (χ1v) is 11.1. The SMILES string of the molecule is C=C(SC(C)=N)c1ccc2cnc(NC(=O)C3CCC(NCCOC)CC3)cc2c1.[HH].[HH]. The van der Waals surface area contributed by atoms with Gasteiger partial charge in [0.25, 0.3) is 0 Å². The lowest BCUT2D eigenvalue weighted by atomic mass is 9.85. The van der Waals surface area contributed by atoms with Gasteiger partial charge < -0.3 is 15.4 Å². The van der Waals surface area contributed by atoms with E-state index >= 15 is 0 Å². The Morgan fingerprint density at radius 1 is 1.30 bits per heavy atom. The summed E-state index contributed by atoms with van der Waals surface area (Å²) in [6, 6.07) is 8.38. The molecule has 0 unspecified atom stereocenters. The van der Waals surface area contributed by atoms with Gasteiger partial charge in [0.15, 0.2) is 0 Å². The number of pyridine rings is 1. The van der Waals surface area contributed by atoms with E-state index in [1.165, 1.54) is 11.8 Å². The van der Waals surface area contributed by atoms with Crippen LogP contribution >= 0.6 is 11.8 Å². The van der Waals surface area contributed by atoms with Gasteiger partial charge in [0, 0.05) is 45.0 Å². The molecule has 7 heteroatoms. The number of aromatic nitrogens is 1. The van der Waals surface area contributed by atoms with Crippen LogP contribution in [0.3, 0.4) is 0 Å². The van der Waals surface area contributed by atoms with E-state index in [0.717, 1.165) is 53.5 Å². The molecule has 3 N–H and O–H groups in total. The van der Waals surface area contributed by atoms with Crippen LogP contribution in [0.4, 0.5) is 5.82 Å². The maximum atomic E-state index is 12.7. The van der Waals surface area contributed by atoms with E-state index in [0.29, 0.717) is 23.5 Å². The molecular weight excluding hydrogens is 396 g/mol. The summed E-state index contributed by atoms with van der Waals surface area (Å²) < 4.78 is 5.08. The minimum Gasteiger partial charge on any atom is -0.383 e. The molecule has 1 amide bonds. The third-order valence-electron chi connectivity index (χ3n) is 5.41. The van der Waals surface area contributed by atoms with Crippen LogP contribution in [0.1, 0.15) is 41.0 Å². The van der Waals surface area contributed by atoms with Crippen molar-refractivity contribution in [3.63, 3.8) is 0 Å². The number of hydrogen-bond donors (Lipinski definition) is 3. The van der Waals surface area contributed by atoms with Crippen molar-refractivity contribution in [2.24, 2.45) is 5.92 Å². The summed E-state index contributed by atoms with van der Waals surface area (Å²) in [7, 11) is 1.71. The number of thioether (sulfide) groups is 1. The van der Waals surface area contributed by atoms with Crippen molar-refractivity contribution < 1.29 is 12.4 Å². The normalized spacial score (nSPS) is 18.9. The molecule has 1 aromatic carbocycles. The van der Waals surface area contributed by atoms with E-state index < -0.39 is 0 Å². The molecule has 0 saturated heterocycles. The maximum absolute atomic E-state index is 12.7. The Hall–Kier alpha value is -2.22. The summed E-state index contributed by atoms with van der Waals surface area (Å²) in [6.07, 6.45) is 5.55. The Labute approximate surface area is 185 Å². The van der Waals surface area contributed by atoms with Crippen LogP contribution < -0.4 is 10.6 Å². The fraction of sp³-hybridized carbons (Fsp3) is 0.435. The Kier molecular flexibility index (Phi) is 8.01. The molecule has 1 aliphatic carbocycles. The number of benzene rings is 1. The Bertz CT molecular complexity index is 933. The standard InChI is InChI=1S/C23H30N4O2S.2H2/c1-15(30-16(2)24)18-4-5-19-14-26-22(13-20(19)12-18)27-23(28)17-6-8-21(9-7-17)25-10-11-29-3;;/h4-5,12-14,17,21,24-25H,1,6-11H2,2-3H3,(H,26,27,28);2*1H. The number of nitrogens with zero attached hydrogens (tertiary/aromatic N) is 1. The van der Waals surface area contributed by atoms with Crippen LogP contribution in [-0.2, 0) is 9.53 Å². The van der Waals surface area contributed by atoms with Crippen LogP contribution in [-0.4, -0.2) is 42.2 Å². The molecule has 30 heavy (non-hydrogen) atoms. The number of nitrogens with one attached hydrogen (secondary N) is 3. The lowest BCUT2D eigenvalue weighted by Gasteiger charge is -2.28. The predicted octanol–water partition coefficient (Wildman–Crippen LogP) is 5.16. The maximum Gasteiger partial charge on any atom is 0.228 e. The van der Waals surface area contributed by atoms with Crippen LogP contribution in [0, 0.1) is 11.3 Å². The fourth-order valence-corrected chi connectivity index (χ4v) is 4.39. The molecule has 0 spiro atoms. The molecule has 1 aromatic heterocycles. The number of hydrogen-bond acceptors (Lipinski definition) is 6. The Balaban J connectivity index is 0.00000256. The Morgan fingerprint density at radius 3 is 2.77 bits per heavy atom. The molecule has 0 aliphatic heterocycles. The predicted molar refractivity (Wildman–Crippen MR) is 130 cm³/mol. The number of rotatable bonds is 8. The van der Waals surface area contributed by atoms with Gasteiger partial charge >= 0.3 is 0 Å². The lowest BCUT2D eigenvalue weighted by Crippen LogP contribution is -2.37. The van der Waals surface area contributed by atoms with E-state index in [1.54, 1.807) is 20.2 Å². The number of carbonyl (C=O) groups is 1. The van der Waals surface area contributed by atoms with Crippen LogP contribution in [0.2, 0.25) is 0 Å².